The number of nitrogens with one attached hydrogen (secondary N) is 1. The molecule has 1 aromatic rings. The maximum absolute atomic E-state index is 11.4. The van der Waals surface area contributed by atoms with E-state index in [-0.39, 0.29) is 11.7 Å². The summed E-state index contributed by atoms with van der Waals surface area (Å²) in [6.45, 7) is 1.73. The van der Waals surface area contributed by atoms with Crippen LogP contribution < -0.4 is 5.32 Å². The van der Waals surface area contributed by atoms with Crippen LogP contribution in [0, 0.1) is 0 Å². The largest absolute Gasteiger partial charge is 0.480 e. The van der Waals surface area contributed by atoms with Gasteiger partial charge in [0.25, 0.3) is 0 Å². The Morgan fingerprint density at radius 3 is 2.88 bits per heavy atom. The van der Waals surface area contributed by atoms with Crippen LogP contribution in [0.15, 0.2) is 21.7 Å². The van der Waals surface area contributed by atoms with Crippen molar-refractivity contribution in [3.05, 3.63) is 17.5 Å². The summed E-state index contributed by atoms with van der Waals surface area (Å²) in [5.41, 5.74) is 0. The number of thioether (sulfide) groups is 1. The molecule has 0 unspecified atom stereocenters. The highest BCUT2D eigenvalue weighted by Gasteiger charge is 2.17. The summed E-state index contributed by atoms with van der Waals surface area (Å²) in [4.78, 5) is 22.1. The van der Waals surface area contributed by atoms with E-state index >= 15 is 0 Å². The zero-order chi connectivity index (χ0) is 12.0. The molecule has 1 rings (SSSR count). The fourth-order valence-electron chi connectivity index (χ4n) is 1.06. The van der Waals surface area contributed by atoms with Gasteiger partial charge in [0, 0.05) is 0 Å². The van der Waals surface area contributed by atoms with Crippen LogP contribution in [-0.4, -0.2) is 28.8 Å². The van der Waals surface area contributed by atoms with Crippen LogP contribution in [0.5, 0.6) is 0 Å². The molecule has 88 valence electrons. The summed E-state index contributed by atoms with van der Waals surface area (Å²) in [7, 11) is 0. The maximum Gasteiger partial charge on any atom is 0.326 e. The monoisotopic (exact) mass is 259 g/mol. The standard InChI is InChI=1S/C10H13NO3S2/c1-2-7(10(13)14)11-8(12)6-16-9-4-3-5-15-9/h3-5,7H,2,6H2,1H3,(H,11,12)(H,13,14)/t7-/m1/s1. The number of carboxylic acids is 1. The van der Waals surface area contributed by atoms with Crippen LogP contribution in [0.3, 0.4) is 0 Å². The molecule has 0 aliphatic heterocycles. The average molecular weight is 259 g/mol. The molecule has 0 saturated heterocycles. The van der Waals surface area contributed by atoms with E-state index in [1.807, 2.05) is 17.5 Å². The average Bonchev–Trinajstić information content (AvgIpc) is 2.75. The Bertz CT molecular complexity index is 351. The van der Waals surface area contributed by atoms with E-state index in [2.05, 4.69) is 5.32 Å². The zero-order valence-electron chi connectivity index (χ0n) is 8.80. The van der Waals surface area contributed by atoms with Crippen molar-refractivity contribution >= 4 is 35.0 Å². The van der Waals surface area contributed by atoms with Gasteiger partial charge in [-0.25, -0.2) is 4.79 Å². The highest BCUT2D eigenvalue weighted by Crippen LogP contribution is 2.22. The minimum atomic E-state index is -0.989. The maximum atomic E-state index is 11.4. The number of carbonyl (C=O) groups excluding carboxylic acids is 1. The number of carbonyl (C=O) groups is 2. The second-order valence-corrected chi connectivity index (χ2v) is 5.31. The Hall–Kier alpha value is -1.01. The minimum absolute atomic E-state index is 0.243. The second kappa shape index (κ2) is 6.55. The molecule has 0 fully saturated rings. The topological polar surface area (TPSA) is 66.4 Å². The number of rotatable bonds is 6. The molecule has 0 saturated carbocycles. The van der Waals surface area contributed by atoms with Gasteiger partial charge < -0.3 is 10.4 Å². The summed E-state index contributed by atoms with van der Waals surface area (Å²) in [6.07, 6.45) is 0.394. The molecule has 1 amide bonds. The smallest absolute Gasteiger partial charge is 0.326 e. The van der Waals surface area contributed by atoms with E-state index in [0.29, 0.717) is 6.42 Å². The first-order valence-electron chi connectivity index (χ1n) is 4.82. The van der Waals surface area contributed by atoms with E-state index in [1.165, 1.54) is 11.8 Å². The third-order valence-electron chi connectivity index (χ3n) is 1.88. The summed E-state index contributed by atoms with van der Waals surface area (Å²) in [5.74, 6) is -0.978. The molecule has 2 N–H and O–H groups in total. The first-order chi connectivity index (χ1) is 7.63. The Balaban J connectivity index is 2.33. The van der Waals surface area contributed by atoms with Crippen LogP contribution in [0.2, 0.25) is 0 Å². The zero-order valence-corrected chi connectivity index (χ0v) is 10.4. The van der Waals surface area contributed by atoms with Crippen molar-refractivity contribution in [2.45, 2.75) is 23.6 Å². The first-order valence-corrected chi connectivity index (χ1v) is 6.68. The number of hydrogen-bond acceptors (Lipinski definition) is 4. The van der Waals surface area contributed by atoms with Crippen LogP contribution >= 0.6 is 23.1 Å². The normalized spacial score (nSPS) is 12.1. The number of carboxylic acid groups (broad SMARTS) is 1. The van der Waals surface area contributed by atoms with Gasteiger partial charge in [0.15, 0.2) is 0 Å². The van der Waals surface area contributed by atoms with Gasteiger partial charge in [0.1, 0.15) is 6.04 Å². The van der Waals surface area contributed by atoms with Gasteiger partial charge in [-0.3, -0.25) is 4.79 Å². The Labute approximate surface area is 102 Å². The fourth-order valence-corrected chi connectivity index (χ4v) is 2.65. The van der Waals surface area contributed by atoms with Crippen molar-refractivity contribution < 1.29 is 14.7 Å². The van der Waals surface area contributed by atoms with Crippen molar-refractivity contribution in [3.8, 4) is 0 Å². The molecule has 0 spiro atoms. The molecule has 0 bridgehead atoms. The van der Waals surface area contributed by atoms with E-state index < -0.39 is 12.0 Å². The molecule has 1 heterocycles. The number of amides is 1. The minimum Gasteiger partial charge on any atom is -0.480 e. The quantitative estimate of drug-likeness (QED) is 0.765. The molecule has 4 nitrogen and oxygen atoms in total. The fraction of sp³-hybridized carbons (Fsp3) is 0.400. The predicted octanol–water partition coefficient (Wildman–Crippen LogP) is 1.82. The molecule has 1 aromatic heterocycles. The van der Waals surface area contributed by atoms with Crippen LogP contribution in [-0.2, 0) is 9.59 Å². The lowest BCUT2D eigenvalue weighted by atomic mass is 10.2. The molecular formula is C10H13NO3S2. The molecule has 0 aliphatic rings. The molecule has 0 radical (unpaired) electrons. The summed E-state index contributed by atoms with van der Waals surface area (Å²) in [5, 5.41) is 13.2. The molecule has 1 atom stereocenters. The highest BCUT2D eigenvalue weighted by atomic mass is 32.2. The summed E-state index contributed by atoms with van der Waals surface area (Å²) >= 11 is 2.98. The van der Waals surface area contributed by atoms with Gasteiger partial charge in [-0.1, -0.05) is 13.0 Å². The lowest BCUT2D eigenvalue weighted by Crippen LogP contribution is -2.41. The van der Waals surface area contributed by atoms with Crippen molar-refractivity contribution in [2.75, 3.05) is 5.75 Å². The first kappa shape index (κ1) is 13.1. The van der Waals surface area contributed by atoms with Gasteiger partial charge in [-0.2, -0.15) is 0 Å². The van der Waals surface area contributed by atoms with Crippen molar-refractivity contribution in [3.63, 3.8) is 0 Å². The van der Waals surface area contributed by atoms with E-state index in [4.69, 9.17) is 5.11 Å². The SMILES string of the molecule is CC[C@@H](NC(=O)CSc1cccs1)C(=O)O. The van der Waals surface area contributed by atoms with Gasteiger partial charge >= 0.3 is 5.97 Å². The van der Waals surface area contributed by atoms with Gasteiger partial charge in [0.2, 0.25) is 5.91 Å². The second-order valence-electron chi connectivity index (χ2n) is 3.09. The van der Waals surface area contributed by atoms with Crippen LogP contribution in [0.4, 0.5) is 0 Å². The van der Waals surface area contributed by atoms with E-state index in [9.17, 15) is 9.59 Å². The van der Waals surface area contributed by atoms with Gasteiger partial charge in [-0.15, -0.1) is 23.1 Å². The third kappa shape index (κ3) is 4.24. The summed E-state index contributed by atoms with van der Waals surface area (Å²) in [6, 6.07) is 3.06. The Kier molecular flexibility index (Phi) is 5.34. The Morgan fingerprint density at radius 1 is 1.62 bits per heavy atom. The number of hydrogen-bond donors (Lipinski definition) is 2. The van der Waals surface area contributed by atoms with Crippen LogP contribution in [0.25, 0.3) is 0 Å². The van der Waals surface area contributed by atoms with Gasteiger partial charge in [0.05, 0.1) is 9.96 Å². The molecule has 16 heavy (non-hydrogen) atoms. The lowest BCUT2D eigenvalue weighted by molar-refractivity contribution is -0.141. The summed E-state index contributed by atoms with van der Waals surface area (Å²) < 4.78 is 1.05. The number of aliphatic carboxylic acids is 1. The van der Waals surface area contributed by atoms with Crippen LogP contribution in [0.1, 0.15) is 13.3 Å². The molecule has 0 aliphatic carbocycles. The van der Waals surface area contributed by atoms with E-state index in [1.54, 1.807) is 18.3 Å². The predicted molar refractivity (Wildman–Crippen MR) is 64.9 cm³/mol. The number of thiophene rings is 1. The Morgan fingerprint density at radius 2 is 2.38 bits per heavy atom. The lowest BCUT2D eigenvalue weighted by Gasteiger charge is -2.11. The van der Waals surface area contributed by atoms with Gasteiger partial charge in [-0.05, 0) is 17.9 Å². The molecule has 6 heteroatoms. The van der Waals surface area contributed by atoms with Crippen molar-refractivity contribution in [2.24, 2.45) is 0 Å². The highest BCUT2D eigenvalue weighted by molar-refractivity contribution is 8.01. The molecular weight excluding hydrogens is 246 g/mol. The third-order valence-corrected chi connectivity index (χ3v) is 4.01. The van der Waals surface area contributed by atoms with Crippen molar-refractivity contribution in [1.29, 1.82) is 0 Å². The molecule has 0 aromatic carbocycles. The van der Waals surface area contributed by atoms with Crippen molar-refractivity contribution in [1.82, 2.24) is 5.32 Å². The van der Waals surface area contributed by atoms with E-state index in [0.717, 1.165) is 4.21 Å².